The van der Waals surface area contributed by atoms with Crippen molar-refractivity contribution in [2.45, 2.75) is 206 Å². The molecule has 1 saturated carbocycles. The van der Waals surface area contributed by atoms with E-state index in [1.807, 2.05) is 50.2 Å². The molecule has 1 spiro atoms. The van der Waals surface area contributed by atoms with Gasteiger partial charge in [-0.05, 0) is 159 Å². The summed E-state index contributed by atoms with van der Waals surface area (Å²) in [7, 11) is 1.55. The molecule has 16 rings (SSSR count). The number of aliphatic hydroxyl groups is 4. The van der Waals surface area contributed by atoms with Crippen LogP contribution in [-0.4, -0.2) is 198 Å². The molecule has 648 valence electrons. The van der Waals surface area contributed by atoms with Gasteiger partial charge in [-0.2, -0.15) is 0 Å². The predicted octanol–water partition coefficient (Wildman–Crippen LogP) is 5.64. The van der Waals surface area contributed by atoms with Gasteiger partial charge < -0.3 is 128 Å². The van der Waals surface area contributed by atoms with Gasteiger partial charge in [-0.15, -0.1) is 0 Å². The number of hydrogen-bond acceptors (Lipinski definition) is 25. The zero-order valence-electron chi connectivity index (χ0n) is 66.9. The summed E-state index contributed by atoms with van der Waals surface area (Å²) in [4.78, 5) is 122. The van der Waals surface area contributed by atoms with Gasteiger partial charge in [-0.3, -0.25) is 33.6 Å². The molecule has 33 nitrogen and oxygen atoms in total. The molecule has 0 aromatic heterocycles. The molecule has 9 aliphatic rings. The minimum Gasteiger partial charge on any atom is -0.508 e. The summed E-state index contributed by atoms with van der Waals surface area (Å²) in [5.41, 5.74) is 7.88. The second-order valence-electron chi connectivity index (χ2n) is 32.8. The van der Waals surface area contributed by atoms with Crippen molar-refractivity contribution >= 4 is 82.1 Å². The van der Waals surface area contributed by atoms with E-state index in [9.17, 15) is 55.2 Å². The van der Waals surface area contributed by atoms with E-state index in [4.69, 9.17) is 79.4 Å². The first-order valence-corrected chi connectivity index (χ1v) is 40.9. The quantitative estimate of drug-likeness (QED) is 0.0494. The van der Waals surface area contributed by atoms with Crippen molar-refractivity contribution in [2.75, 3.05) is 13.7 Å². The molecular formula is C86H95Cl3N10O23. The van der Waals surface area contributed by atoms with Gasteiger partial charge >= 0.3 is 5.97 Å². The second kappa shape index (κ2) is 35.4. The number of phenolic OH excluding ortho intramolecular Hbond substituents is 3. The summed E-state index contributed by atoms with van der Waals surface area (Å²) in [5.74, 6) is -14.1. The van der Waals surface area contributed by atoms with E-state index in [-0.39, 0.29) is 76.4 Å². The van der Waals surface area contributed by atoms with Gasteiger partial charge in [0.2, 0.25) is 53.4 Å². The van der Waals surface area contributed by atoms with Gasteiger partial charge in [-0.25, -0.2) is 4.79 Å². The number of nitrogens with one attached hydrogen (secondary N) is 8. The number of carboxylic acid groups (broad SMARTS) is 1. The van der Waals surface area contributed by atoms with E-state index in [1.54, 1.807) is 26.1 Å². The third-order valence-electron chi connectivity index (χ3n) is 23.6. The van der Waals surface area contributed by atoms with E-state index in [0.717, 1.165) is 59.2 Å². The Kier molecular flexibility index (Phi) is 25.5. The fraction of sp³-hybridized carbons (Fsp3) is 0.419. The maximum atomic E-state index is 16.6. The lowest BCUT2D eigenvalue weighted by Gasteiger charge is -2.47. The number of primary amides is 1. The number of phenols is 3. The number of rotatable bonds is 18. The lowest BCUT2D eigenvalue weighted by atomic mass is 9.74. The standard InChI is InChI=1S/C86H95Cl3N10O23/c1-37(2)21-55(92-6)76(108)94-56-23-41-9-19-61(52(88)22-41)119-63-25-45-26-64(74(63)122-82-73(60(104)30-49(35-100)118-82)121-67-32-54(72(106)38(3)117-67)93-34-40-7-10-42(11-8-40)43-12-16-47(87)17-13-43)120-62-20-15-46(27-53(62)89)85(65-33-84(5,91)75(107)39(4)116-65)36-86(85)83(115)98-71(81(113)114)51-28-48(101)29-59(103)68(51)50-24-44(14-18-58(50)102)69(80(112)99-86)97-79(111)70(45)96-78(110)57(31-66(90)105)95-77(56)109/h7-20,22,24-29,37-39,49,54-57,60,65,67,69-73,75,82,92-93,100-104,106-107H,21,23,30-36,91H2,1-6H3,(H2,90,105)(H,94,108)(H,95,109)(H,96,110)(H,97,111)(H,98,115)(H,99,112)(H,113,114). The van der Waals surface area contributed by atoms with Gasteiger partial charge in [0.15, 0.2) is 23.8 Å². The van der Waals surface area contributed by atoms with Crippen molar-refractivity contribution in [2.24, 2.45) is 17.4 Å². The van der Waals surface area contributed by atoms with Gasteiger partial charge in [0, 0.05) is 65.2 Å². The predicted molar refractivity (Wildman–Crippen MR) is 439 cm³/mol. The topological polar surface area (TPSA) is 511 Å². The molecule has 20 unspecified atom stereocenters. The third kappa shape index (κ3) is 17.9. The van der Waals surface area contributed by atoms with Crippen LogP contribution in [0.1, 0.15) is 125 Å². The molecule has 3 saturated heterocycles. The van der Waals surface area contributed by atoms with Crippen molar-refractivity contribution < 1.29 is 112 Å². The highest BCUT2D eigenvalue weighted by molar-refractivity contribution is 6.32. The van der Waals surface area contributed by atoms with Crippen LogP contribution in [0.25, 0.3) is 22.3 Å². The summed E-state index contributed by atoms with van der Waals surface area (Å²) in [6.07, 6.45) is -15.4. The molecule has 11 bridgehead atoms. The Labute approximate surface area is 714 Å². The fourth-order valence-corrected chi connectivity index (χ4v) is 17.8. The summed E-state index contributed by atoms with van der Waals surface area (Å²) < 4.78 is 47.2. The maximum Gasteiger partial charge on any atom is 0.330 e. The average molecular weight is 1740 g/mol. The molecule has 1 aliphatic carbocycles. The normalized spacial score (nSPS) is 29.8. The van der Waals surface area contributed by atoms with Gasteiger partial charge in [-0.1, -0.05) is 103 Å². The second-order valence-corrected chi connectivity index (χ2v) is 34.1. The molecule has 36 heteroatoms. The molecule has 8 aliphatic heterocycles. The van der Waals surface area contributed by atoms with E-state index in [2.05, 4.69) is 42.5 Å². The molecule has 20 N–H and O–H groups in total. The molecule has 7 aromatic rings. The first-order chi connectivity index (χ1) is 57.9. The fourth-order valence-electron chi connectivity index (χ4n) is 17.2. The highest BCUT2D eigenvalue weighted by Crippen LogP contribution is 2.65. The highest BCUT2D eigenvalue weighted by Gasteiger charge is 2.78. The number of carboxylic acids is 1. The summed E-state index contributed by atoms with van der Waals surface area (Å²) in [6.45, 7) is 8.00. The number of halogens is 3. The van der Waals surface area contributed by atoms with E-state index in [0.29, 0.717) is 17.0 Å². The lowest BCUT2D eigenvalue weighted by molar-refractivity contribution is -0.312. The minimum absolute atomic E-state index is 0.0336. The van der Waals surface area contributed by atoms with Crippen molar-refractivity contribution in [1.82, 2.24) is 42.5 Å². The number of aliphatic hydroxyl groups excluding tert-OH is 4. The molecule has 7 amide bonds. The van der Waals surface area contributed by atoms with Crippen LogP contribution < -0.4 is 68.2 Å². The zero-order valence-corrected chi connectivity index (χ0v) is 69.1. The molecule has 122 heavy (non-hydrogen) atoms. The number of carbonyl (C=O) groups excluding carboxylic acids is 7. The Morgan fingerprint density at radius 1 is 0.713 bits per heavy atom. The monoisotopic (exact) mass is 1740 g/mol. The number of fused-ring (bicyclic) bond motifs is 15. The summed E-state index contributed by atoms with van der Waals surface area (Å²) in [5, 5.41) is 115. The van der Waals surface area contributed by atoms with Crippen molar-refractivity contribution in [1.29, 1.82) is 0 Å². The van der Waals surface area contributed by atoms with Crippen molar-refractivity contribution in [3.63, 3.8) is 0 Å². The third-order valence-corrected chi connectivity index (χ3v) is 24.5. The average Bonchev–Trinajstić information content (AvgIpc) is 1.49. The molecular weight excluding hydrogens is 1650 g/mol. The number of ether oxygens (including phenoxy) is 7. The number of nitrogens with two attached hydrogens (primary N) is 2. The Hall–Kier alpha value is -10.5. The molecule has 8 heterocycles. The lowest BCUT2D eigenvalue weighted by Crippen LogP contribution is -2.65. The Bertz CT molecular complexity index is 5230. The van der Waals surface area contributed by atoms with E-state index < -0.39 is 238 Å². The van der Waals surface area contributed by atoms with E-state index in [1.165, 1.54) is 50.2 Å². The number of aliphatic carboxylic acids is 1. The number of hydrogen-bond donors (Lipinski definition) is 18. The summed E-state index contributed by atoms with van der Waals surface area (Å²) in [6, 6.07) is 19.1. The van der Waals surface area contributed by atoms with Crippen LogP contribution in [0.4, 0.5) is 0 Å². The maximum absolute atomic E-state index is 16.6. The summed E-state index contributed by atoms with van der Waals surface area (Å²) >= 11 is 21.0. The van der Waals surface area contributed by atoms with E-state index >= 15 is 24.0 Å². The van der Waals surface area contributed by atoms with Gasteiger partial charge in [0.05, 0.1) is 77.3 Å². The zero-order chi connectivity index (χ0) is 87.5. The Morgan fingerprint density at radius 3 is 2.02 bits per heavy atom. The first kappa shape index (κ1) is 87.9. The number of benzene rings is 7. The van der Waals surface area contributed by atoms with Crippen molar-refractivity contribution in [3.8, 4) is 68.2 Å². The van der Waals surface area contributed by atoms with Gasteiger partial charge in [0.25, 0.3) is 0 Å². The minimum atomic E-state index is -2.47. The van der Waals surface area contributed by atoms with Crippen LogP contribution in [0.5, 0.6) is 46.0 Å². The first-order valence-electron chi connectivity index (χ1n) is 39.8. The van der Waals surface area contributed by atoms with Crippen LogP contribution >= 0.6 is 34.8 Å². The number of aromatic hydroxyl groups is 3. The number of likely N-dealkylation sites (N-methyl/N-ethyl adjacent to an activating group) is 1. The molecule has 0 radical (unpaired) electrons. The largest absolute Gasteiger partial charge is 0.508 e. The van der Waals surface area contributed by atoms with Crippen molar-refractivity contribution in [3.05, 3.63) is 176 Å². The van der Waals surface area contributed by atoms with Crippen LogP contribution in [-0.2, 0) is 75.7 Å². The smallest absolute Gasteiger partial charge is 0.330 e. The molecule has 7 aromatic carbocycles. The number of amides is 7. The van der Waals surface area contributed by atoms with Gasteiger partial charge in [0.1, 0.15) is 64.6 Å². The van der Waals surface area contributed by atoms with Crippen LogP contribution in [0.2, 0.25) is 15.1 Å². The highest BCUT2D eigenvalue weighted by atomic mass is 35.5. The number of carbonyl (C=O) groups is 8. The Balaban J connectivity index is 0.961. The molecule has 4 fully saturated rings. The SMILES string of the molecule is CNC(CC(C)C)C(=O)NC1Cc2ccc(c(Cl)c2)Oc2cc3cc(c2OC2OC(CO)CC(O)C2OC2CC(NCc4ccc(-c5ccc(Cl)cc5)cc4)C(O)C(C)O2)Oc2ccc(cc2Cl)C2(C4CC(C)(N)C(O)C(C)O4)CC24NC(=O)C(NC(=O)C3NC(=O)C(CC(N)=O)NC1=O)c1ccc(O)c(c1)-c1c(O)cc(O)cc1C(C(=O)O)NC4=O. The van der Waals surface area contributed by atoms with Crippen LogP contribution in [0.3, 0.4) is 0 Å². The van der Waals surface area contributed by atoms with Crippen LogP contribution in [0.15, 0.2) is 127 Å². The molecule has 20 atom stereocenters. The van der Waals surface area contributed by atoms with Crippen LogP contribution in [0, 0.1) is 5.92 Å². The Morgan fingerprint density at radius 2 is 1.38 bits per heavy atom.